The molecule has 2 aliphatic heterocycles. The zero-order chi connectivity index (χ0) is 17.1. The van der Waals surface area contributed by atoms with Crippen LogP contribution >= 0.6 is 39.9 Å². The van der Waals surface area contributed by atoms with Crippen LogP contribution < -0.4 is 4.74 Å². The first kappa shape index (κ1) is 17.9. The number of amides is 1. The summed E-state index contributed by atoms with van der Waals surface area (Å²) in [6, 6.07) is 5.76. The predicted molar refractivity (Wildman–Crippen MR) is 104 cm³/mol. The van der Waals surface area contributed by atoms with Crippen LogP contribution in [0.5, 0.6) is 5.75 Å². The molecule has 2 fully saturated rings. The van der Waals surface area contributed by atoms with Gasteiger partial charge in [-0.2, -0.15) is 0 Å². The van der Waals surface area contributed by atoms with Crippen molar-refractivity contribution >= 4 is 56.2 Å². The van der Waals surface area contributed by atoms with Crippen LogP contribution in [0.15, 0.2) is 27.6 Å². The Labute approximate surface area is 159 Å². The number of thioether (sulfide) groups is 1. The standard InChI is InChI=1S/C17H18BrNO3S2/c1-2-21-14-6-5-12(18)8-11(14)9-15-16(20)19(17(23)24-15)10-13-4-3-7-22-13/h5-6,8-9,13H,2-4,7,10H2,1H3/b15-9-/t13-/m1/s1. The second-order valence-corrected chi connectivity index (χ2v) is 8.13. The van der Waals surface area contributed by atoms with E-state index in [0.717, 1.165) is 35.2 Å². The van der Waals surface area contributed by atoms with E-state index >= 15 is 0 Å². The summed E-state index contributed by atoms with van der Waals surface area (Å²) < 4.78 is 12.8. The van der Waals surface area contributed by atoms with Crippen LogP contribution in [0.2, 0.25) is 0 Å². The largest absolute Gasteiger partial charge is 0.493 e. The van der Waals surface area contributed by atoms with Gasteiger partial charge in [0, 0.05) is 16.6 Å². The van der Waals surface area contributed by atoms with Crippen molar-refractivity contribution in [2.75, 3.05) is 19.8 Å². The van der Waals surface area contributed by atoms with E-state index in [1.807, 2.05) is 31.2 Å². The lowest BCUT2D eigenvalue weighted by Gasteiger charge is -2.18. The van der Waals surface area contributed by atoms with Crippen LogP contribution in [0.4, 0.5) is 0 Å². The summed E-state index contributed by atoms with van der Waals surface area (Å²) in [5.41, 5.74) is 0.865. The van der Waals surface area contributed by atoms with Crippen molar-refractivity contribution in [2.45, 2.75) is 25.9 Å². The molecule has 0 aromatic heterocycles. The van der Waals surface area contributed by atoms with Crippen molar-refractivity contribution in [2.24, 2.45) is 0 Å². The molecule has 1 atom stereocenters. The number of ether oxygens (including phenoxy) is 2. The molecule has 0 saturated carbocycles. The van der Waals surface area contributed by atoms with E-state index in [0.29, 0.717) is 22.4 Å². The van der Waals surface area contributed by atoms with Gasteiger partial charge in [-0.15, -0.1) is 0 Å². The number of thiocarbonyl (C=S) groups is 1. The van der Waals surface area contributed by atoms with Crippen LogP contribution in [0.1, 0.15) is 25.3 Å². The molecule has 0 radical (unpaired) electrons. The lowest BCUT2D eigenvalue weighted by atomic mass is 10.2. The number of rotatable bonds is 5. The molecular weight excluding hydrogens is 410 g/mol. The molecule has 4 nitrogen and oxygen atoms in total. The van der Waals surface area contributed by atoms with E-state index in [1.54, 1.807) is 4.90 Å². The van der Waals surface area contributed by atoms with Gasteiger partial charge in [0.15, 0.2) is 0 Å². The van der Waals surface area contributed by atoms with E-state index in [4.69, 9.17) is 21.7 Å². The summed E-state index contributed by atoms with van der Waals surface area (Å²) in [5.74, 6) is 0.702. The predicted octanol–water partition coefficient (Wildman–Crippen LogP) is 4.23. The molecule has 128 valence electrons. The van der Waals surface area contributed by atoms with Gasteiger partial charge >= 0.3 is 0 Å². The number of carbonyl (C=O) groups excluding carboxylic acids is 1. The average Bonchev–Trinajstić information content (AvgIpc) is 3.15. The smallest absolute Gasteiger partial charge is 0.266 e. The van der Waals surface area contributed by atoms with Gasteiger partial charge in [-0.05, 0) is 44.0 Å². The third-order valence-corrected chi connectivity index (χ3v) is 5.71. The monoisotopic (exact) mass is 427 g/mol. The molecule has 2 saturated heterocycles. The Morgan fingerprint density at radius 2 is 2.38 bits per heavy atom. The quantitative estimate of drug-likeness (QED) is 0.519. The van der Waals surface area contributed by atoms with Crippen LogP contribution in [0, 0.1) is 0 Å². The topological polar surface area (TPSA) is 38.8 Å². The van der Waals surface area contributed by atoms with Gasteiger partial charge in [0.25, 0.3) is 5.91 Å². The third kappa shape index (κ3) is 4.02. The first-order chi connectivity index (χ1) is 11.6. The Kier molecular flexibility index (Phi) is 5.97. The summed E-state index contributed by atoms with van der Waals surface area (Å²) in [7, 11) is 0. The highest BCUT2D eigenvalue weighted by atomic mass is 79.9. The normalized spacial score (nSPS) is 22.7. The average molecular weight is 428 g/mol. The molecule has 7 heteroatoms. The Balaban J connectivity index is 1.82. The number of carbonyl (C=O) groups is 1. The van der Waals surface area contributed by atoms with Crippen molar-refractivity contribution in [3.8, 4) is 5.75 Å². The Hall–Kier alpha value is -0.890. The fourth-order valence-corrected chi connectivity index (χ4v) is 4.35. The van der Waals surface area contributed by atoms with Crippen molar-refractivity contribution in [3.05, 3.63) is 33.1 Å². The fourth-order valence-electron chi connectivity index (χ4n) is 2.71. The molecule has 0 unspecified atom stereocenters. The molecule has 0 spiro atoms. The molecular formula is C17H18BrNO3S2. The highest BCUT2D eigenvalue weighted by Crippen LogP contribution is 2.35. The zero-order valence-electron chi connectivity index (χ0n) is 13.3. The Morgan fingerprint density at radius 1 is 1.54 bits per heavy atom. The maximum Gasteiger partial charge on any atom is 0.266 e. The molecule has 0 aliphatic carbocycles. The highest BCUT2D eigenvalue weighted by molar-refractivity contribution is 9.10. The molecule has 1 aromatic rings. The van der Waals surface area contributed by atoms with E-state index in [1.165, 1.54) is 11.8 Å². The summed E-state index contributed by atoms with van der Waals surface area (Å²) in [6.45, 7) is 3.82. The summed E-state index contributed by atoms with van der Waals surface area (Å²) in [5, 5.41) is 0. The lowest BCUT2D eigenvalue weighted by Crippen LogP contribution is -2.35. The Morgan fingerprint density at radius 3 is 3.08 bits per heavy atom. The van der Waals surface area contributed by atoms with Gasteiger partial charge in [-0.25, -0.2) is 0 Å². The van der Waals surface area contributed by atoms with Crippen molar-refractivity contribution in [1.82, 2.24) is 4.90 Å². The first-order valence-corrected chi connectivity index (χ1v) is 9.89. The summed E-state index contributed by atoms with van der Waals surface area (Å²) >= 11 is 10.2. The molecule has 0 bridgehead atoms. The SMILES string of the molecule is CCOc1ccc(Br)cc1/C=C1\SC(=S)N(C[C@H]2CCCO2)C1=O. The van der Waals surface area contributed by atoms with E-state index in [9.17, 15) is 4.79 Å². The van der Waals surface area contributed by atoms with Crippen LogP contribution in [-0.4, -0.2) is 41.0 Å². The maximum atomic E-state index is 12.7. The minimum atomic E-state index is -0.0528. The van der Waals surface area contributed by atoms with Gasteiger partial charge < -0.3 is 9.47 Å². The third-order valence-electron chi connectivity index (χ3n) is 3.84. The molecule has 1 amide bonds. The van der Waals surface area contributed by atoms with Crippen molar-refractivity contribution < 1.29 is 14.3 Å². The van der Waals surface area contributed by atoms with Gasteiger partial charge in [0.1, 0.15) is 10.1 Å². The molecule has 0 N–H and O–H groups in total. The lowest BCUT2D eigenvalue weighted by molar-refractivity contribution is -0.123. The zero-order valence-corrected chi connectivity index (χ0v) is 16.5. The minimum Gasteiger partial charge on any atom is -0.493 e. The molecule has 1 aromatic carbocycles. The Bertz CT molecular complexity index is 686. The number of halogens is 1. The maximum absolute atomic E-state index is 12.7. The molecule has 3 rings (SSSR count). The van der Waals surface area contributed by atoms with Crippen molar-refractivity contribution in [3.63, 3.8) is 0 Å². The van der Waals surface area contributed by atoms with Crippen LogP contribution in [0.3, 0.4) is 0 Å². The van der Waals surface area contributed by atoms with E-state index in [2.05, 4.69) is 15.9 Å². The van der Waals surface area contributed by atoms with Gasteiger partial charge in [-0.3, -0.25) is 9.69 Å². The summed E-state index contributed by atoms with van der Waals surface area (Å²) in [4.78, 5) is 15.0. The molecule has 2 heterocycles. The van der Waals surface area contributed by atoms with Crippen LogP contribution in [-0.2, 0) is 9.53 Å². The number of hydrogen-bond donors (Lipinski definition) is 0. The van der Waals surface area contributed by atoms with Gasteiger partial charge in [0.05, 0.1) is 24.2 Å². The second kappa shape index (κ2) is 7.99. The fraction of sp³-hybridized carbons (Fsp3) is 0.412. The number of hydrogen-bond acceptors (Lipinski definition) is 5. The minimum absolute atomic E-state index is 0.0528. The second-order valence-electron chi connectivity index (χ2n) is 5.54. The highest BCUT2D eigenvalue weighted by Gasteiger charge is 2.34. The first-order valence-electron chi connectivity index (χ1n) is 7.88. The van der Waals surface area contributed by atoms with E-state index in [-0.39, 0.29) is 12.0 Å². The van der Waals surface area contributed by atoms with E-state index < -0.39 is 0 Å². The summed E-state index contributed by atoms with van der Waals surface area (Å²) in [6.07, 6.45) is 3.97. The van der Waals surface area contributed by atoms with Crippen LogP contribution in [0.25, 0.3) is 6.08 Å². The molecule has 24 heavy (non-hydrogen) atoms. The number of nitrogens with zero attached hydrogens (tertiary/aromatic N) is 1. The van der Waals surface area contributed by atoms with Gasteiger partial charge in [0.2, 0.25) is 0 Å². The van der Waals surface area contributed by atoms with Crippen molar-refractivity contribution in [1.29, 1.82) is 0 Å². The molecule has 2 aliphatic rings. The van der Waals surface area contributed by atoms with Gasteiger partial charge in [-0.1, -0.05) is 39.9 Å². The number of benzene rings is 1.